The third-order valence-electron chi connectivity index (χ3n) is 5.06. The molecule has 0 saturated carbocycles. The number of nitrogens with one attached hydrogen (secondary N) is 1. The van der Waals surface area contributed by atoms with E-state index in [1.807, 2.05) is 71.6 Å². The quantitative estimate of drug-likeness (QED) is 0.568. The van der Waals surface area contributed by atoms with Crippen molar-refractivity contribution in [2.24, 2.45) is 0 Å². The molecule has 1 N–H and O–H groups in total. The van der Waals surface area contributed by atoms with Crippen molar-refractivity contribution in [3.05, 3.63) is 90.0 Å². The molecule has 0 aromatic heterocycles. The maximum Gasteiger partial charge on any atom is 0.262 e. The molecule has 0 unspecified atom stereocenters. The number of amides is 2. The van der Waals surface area contributed by atoms with Crippen LogP contribution in [0.1, 0.15) is 23.4 Å². The number of aryl methyl sites for hydroxylation is 1. The van der Waals surface area contributed by atoms with Crippen LogP contribution in [0, 0.1) is 0 Å². The van der Waals surface area contributed by atoms with Gasteiger partial charge in [-0.2, -0.15) is 0 Å². The number of hydrogen-bond acceptors (Lipinski definition) is 4. The van der Waals surface area contributed by atoms with Crippen molar-refractivity contribution in [1.29, 1.82) is 0 Å². The molecule has 1 fully saturated rings. The van der Waals surface area contributed by atoms with Crippen LogP contribution in [0.3, 0.4) is 0 Å². The smallest absolute Gasteiger partial charge is 0.262 e. The lowest BCUT2D eigenvalue weighted by atomic mass is 10.1. The average Bonchev–Trinajstić information content (AvgIpc) is 3.20. The summed E-state index contributed by atoms with van der Waals surface area (Å²) >= 11 is 1.61. The maximum absolute atomic E-state index is 12.6. The van der Waals surface area contributed by atoms with Crippen LogP contribution in [0.5, 0.6) is 5.75 Å². The van der Waals surface area contributed by atoms with Crippen LogP contribution < -0.4 is 15.0 Å². The summed E-state index contributed by atoms with van der Waals surface area (Å²) in [7, 11) is 0. The first-order valence-electron chi connectivity index (χ1n) is 10.2. The third kappa shape index (κ3) is 5.09. The molecule has 5 nitrogen and oxygen atoms in total. The third-order valence-corrected chi connectivity index (χ3v) is 6.27. The molecule has 2 amide bonds. The Labute approximate surface area is 186 Å². The molecule has 1 saturated heterocycles. The highest BCUT2D eigenvalue weighted by Gasteiger charge is 2.34. The lowest BCUT2D eigenvalue weighted by Gasteiger charge is -2.25. The molecule has 3 aromatic carbocycles. The molecule has 1 heterocycles. The van der Waals surface area contributed by atoms with Gasteiger partial charge < -0.3 is 10.1 Å². The highest BCUT2D eigenvalue weighted by atomic mass is 32.2. The number of thioether (sulfide) groups is 1. The molecule has 0 radical (unpaired) electrons. The van der Waals surface area contributed by atoms with Crippen molar-refractivity contribution in [1.82, 2.24) is 0 Å². The normalized spacial score (nSPS) is 15.7. The van der Waals surface area contributed by atoms with Crippen LogP contribution in [-0.2, 0) is 16.0 Å². The molecule has 0 bridgehead atoms. The largest absolute Gasteiger partial charge is 0.484 e. The first-order valence-corrected chi connectivity index (χ1v) is 11.3. The fraction of sp³-hybridized carbons (Fsp3) is 0.200. The van der Waals surface area contributed by atoms with Crippen LogP contribution in [0.4, 0.5) is 11.4 Å². The average molecular weight is 433 g/mol. The number of carbonyl (C=O) groups is 2. The van der Waals surface area contributed by atoms with Gasteiger partial charge in [0.05, 0.1) is 5.75 Å². The summed E-state index contributed by atoms with van der Waals surface area (Å²) in [6, 6.07) is 25.0. The first kappa shape index (κ1) is 21.0. The fourth-order valence-electron chi connectivity index (χ4n) is 3.47. The van der Waals surface area contributed by atoms with E-state index in [0.717, 1.165) is 17.7 Å². The molecular formula is C25H24N2O3S. The van der Waals surface area contributed by atoms with Gasteiger partial charge in [0.15, 0.2) is 6.61 Å². The van der Waals surface area contributed by atoms with Crippen molar-refractivity contribution in [3.63, 3.8) is 0 Å². The number of hydrogen-bond donors (Lipinski definition) is 1. The minimum atomic E-state index is -0.222. The van der Waals surface area contributed by atoms with E-state index in [1.54, 1.807) is 11.8 Å². The van der Waals surface area contributed by atoms with Gasteiger partial charge in [0, 0.05) is 11.4 Å². The molecule has 4 rings (SSSR count). The molecule has 0 spiro atoms. The number of para-hydroxylation sites is 1. The Morgan fingerprint density at radius 3 is 2.58 bits per heavy atom. The fourth-order valence-corrected chi connectivity index (χ4v) is 4.65. The number of rotatable bonds is 7. The molecule has 158 valence electrons. The zero-order valence-electron chi connectivity index (χ0n) is 17.3. The van der Waals surface area contributed by atoms with Crippen LogP contribution in [0.15, 0.2) is 78.9 Å². The minimum absolute atomic E-state index is 0.0553. The summed E-state index contributed by atoms with van der Waals surface area (Å²) in [5, 5.41) is 2.77. The van der Waals surface area contributed by atoms with Gasteiger partial charge in [0.25, 0.3) is 5.91 Å². The predicted octanol–water partition coefficient (Wildman–Crippen LogP) is 5.05. The summed E-state index contributed by atoms with van der Waals surface area (Å²) in [6.45, 7) is 2.05. The Balaban J connectivity index is 1.42. The minimum Gasteiger partial charge on any atom is -0.484 e. The monoisotopic (exact) mass is 432 g/mol. The van der Waals surface area contributed by atoms with E-state index in [0.29, 0.717) is 17.2 Å². The number of benzene rings is 3. The lowest BCUT2D eigenvalue weighted by molar-refractivity contribution is -0.118. The van der Waals surface area contributed by atoms with E-state index in [1.165, 1.54) is 5.56 Å². The Morgan fingerprint density at radius 2 is 1.84 bits per heavy atom. The Bertz CT molecular complexity index is 1050. The van der Waals surface area contributed by atoms with E-state index in [-0.39, 0.29) is 23.8 Å². The molecule has 1 aliphatic heterocycles. The summed E-state index contributed by atoms with van der Waals surface area (Å²) in [5.74, 6) is 0.998. The van der Waals surface area contributed by atoms with E-state index in [9.17, 15) is 9.59 Å². The van der Waals surface area contributed by atoms with Gasteiger partial charge in [-0.3, -0.25) is 14.5 Å². The van der Waals surface area contributed by atoms with Gasteiger partial charge >= 0.3 is 0 Å². The van der Waals surface area contributed by atoms with E-state index >= 15 is 0 Å². The molecule has 0 aliphatic carbocycles. The predicted molar refractivity (Wildman–Crippen MR) is 126 cm³/mol. The SMILES string of the molecule is CCc1cccc(N2C(=O)CS[C@@H]2c2ccc(NC(=O)COc3ccccc3)cc2)c1. The van der Waals surface area contributed by atoms with Gasteiger partial charge in [-0.1, -0.05) is 49.4 Å². The molecule has 31 heavy (non-hydrogen) atoms. The van der Waals surface area contributed by atoms with Crippen molar-refractivity contribution in [2.45, 2.75) is 18.7 Å². The zero-order chi connectivity index (χ0) is 21.6. The highest BCUT2D eigenvalue weighted by Crippen LogP contribution is 2.42. The van der Waals surface area contributed by atoms with Crippen LogP contribution in [0.25, 0.3) is 0 Å². The van der Waals surface area contributed by atoms with E-state index in [4.69, 9.17) is 4.74 Å². The van der Waals surface area contributed by atoms with Crippen LogP contribution in [-0.4, -0.2) is 24.2 Å². The molecular weight excluding hydrogens is 408 g/mol. The Morgan fingerprint density at radius 1 is 1.06 bits per heavy atom. The second-order valence-corrected chi connectivity index (χ2v) is 8.29. The molecule has 1 aliphatic rings. The summed E-state index contributed by atoms with van der Waals surface area (Å²) in [6.07, 6.45) is 0.927. The summed E-state index contributed by atoms with van der Waals surface area (Å²) in [4.78, 5) is 26.6. The zero-order valence-corrected chi connectivity index (χ0v) is 18.1. The standard InChI is InChI=1S/C25H24N2O3S/c1-2-18-7-6-8-21(15-18)27-24(29)17-31-25(27)19-11-13-20(14-12-19)26-23(28)16-30-22-9-4-3-5-10-22/h3-15,25H,2,16-17H2,1H3,(H,26,28)/t25-/m1/s1. The first-order chi connectivity index (χ1) is 15.1. The van der Waals surface area contributed by atoms with Crippen molar-refractivity contribution >= 4 is 35.0 Å². The van der Waals surface area contributed by atoms with E-state index in [2.05, 4.69) is 24.4 Å². The topological polar surface area (TPSA) is 58.6 Å². The van der Waals surface area contributed by atoms with Gasteiger partial charge in [-0.25, -0.2) is 0 Å². The van der Waals surface area contributed by atoms with Gasteiger partial charge in [-0.05, 0) is 53.9 Å². The molecule has 1 atom stereocenters. The van der Waals surface area contributed by atoms with E-state index < -0.39 is 0 Å². The van der Waals surface area contributed by atoms with Crippen LogP contribution in [0.2, 0.25) is 0 Å². The van der Waals surface area contributed by atoms with Gasteiger partial charge in [-0.15, -0.1) is 11.8 Å². The summed E-state index contributed by atoms with van der Waals surface area (Å²) < 4.78 is 5.48. The summed E-state index contributed by atoms with van der Waals surface area (Å²) in [5.41, 5.74) is 3.85. The second kappa shape index (κ2) is 9.71. The Kier molecular flexibility index (Phi) is 6.57. The molecule has 3 aromatic rings. The lowest BCUT2D eigenvalue weighted by Crippen LogP contribution is -2.27. The number of anilines is 2. The number of carbonyl (C=O) groups excluding carboxylic acids is 2. The van der Waals surface area contributed by atoms with Crippen molar-refractivity contribution in [3.8, 4) is 5.75 Å². The van der Waals surface area contributed by atoms with Gasteiger partial charge in [0.1, 0.15) is 11.1 Å². The Hall–Kier alpha value is -3.25. The van der Waals surface area contributed by atoms with Crippen molar-refractivity contribution in [2.75, 3.05) is 22.6 Å². The number of ether oxygens (including phenoxy) is 1. The highest BCUT2D eigenvalue weighted by molar-refractivity contribution is 8.00. The van der Waals surface area contributed by atoms with Gasteiger partial charge in [0.2, 0.25) is 5.91 Å². The number of nitrogens with zero attached hydrogens (tertiary/aromatic N) is 1. The molecule has 6 heteroatoms. The second-order valence-electron chi connectivity index (χ2n) is 7.22. The van der Waals surface area contributed by atoms with Crippen LogP contribution >= 0.6 is 11.8 Å². The van der Waals surface area contributed by atoms with Crippen molar-refractivity contribution < 1.29 is 14.3 Å². The maximum atomic E-state index is 12.6.